The topological polar surface area (TPSA) is 87.0 Å². The van der Waals surface area contributed by atoms with Gasteiger partial charge in [0.2, 0.25) is 0 Å². The molecule has 0 amide bonds. The van der Waals surface area contributed by atoms with E-state index in [0.29, 0.717) is 22.4 Å². The van der Waals surface area contributed by atoms with Crippen molar-refractivity contribution >= 4 is 12.9 Å². The van der Waals surface area contributed by atoms with Gasteiger partial charge in [-0.1, -0.05) is 30.3 Å². The SMILES string of the molecule is COc1ccccc1C(=O)CC(Cc1cccc(C)c1O)B(O)O. The number of phenols is 1. The van der Waals surface area contributed by atoms with Crippen LogP contribution >= 0.6 is 0 Å². The Bertz CT molecular complexity index is 714. The highest BCUT2D eigenvalue weighted by Gasteiger charge is 2.28. The maximum Gasteiger partial charge on any atom is 0.455 e. The molecule has 0 saturated carbocycles. The summed E-state index contributed by atoms with van der Waals surface area (Å²) in [5, 5.41) is 29.4. The number of ether oxygens (including phenoxy) is 1. The van der Waals surface area contributed by atoms with E-state index in [0.717, 1.165) is 0 Å². The fraction of sp³-hybridized carbons (Fsp3) is 0.278. The molecule has 0 bridgehead atoms. The van der Waals surface area contributed by atoms with Crippen LogP contribution in [0.5, 0.6) is 11.5 Å². The highest BCUT2D eigenvalue weighted by Crippen LogP contribution is 2.30. The van der Waals surface area contributed by atoms with Gasteiger partial charge in [-0.25, -0.2) is 0 Å². The molecule has 3 N–H and O–H groups in total. The number of hydrogen-bond acceptors (Lipinski definition) is 5. The summed E-state index contributed by atoms with van der Waals surface area (Å²) in [7, 11) is -0.182. The van der Waals surface area contributed by atoms with Gasteiger partial charge in [0.15, 0.2) is 5.78 Å². The van der Waals surface area contributed by atoms with E-state index in [1.54, 1.807) is 49.4 Å². The summed E-state index contributed by atoms with van der Waals surface area (Å²) >= 11 is 0. The minimum Gasteiger partial charge on any atom is -0.507 e. The second-order valence-corrected chi connectivity index (χ2v) is 5.79. The van der Waals surface area contributed by atoms with E-state index in [1.165, 1.54) is 7.11 Å². The first-order chi connectivity index (χ1) is 11.4. The molecule has 0 aliphatic rings. The number of aromatic hydroxyl groups is 1. The first-order valence-corrected chi connectivity index (χ1v) is 7.73. The molecule has 0 spiro atoms. The molecule has 0 saturated heterocycles. The molecule has 0 fully saturated rings. The van der Waals surface area contributed by atoms with Crippen molar-refractivity contribution in [2.45, 2.75) is 25.6 Å². The molecule has 2 aromatic carbocycles. The number of rotatable bonds is 7. The lowest BCUT2D eigenvalue weighted by Gasteiger charge is -2.17. The average Bonchev–Trinajstić information content (AvgIpc) is 2.57. The fourth-order valence-electron chi connectivity index (χ4n) is 2.67. The van der Waals surface area contributed by atoms with Gasteiger partial charge in [0, 0.05) is 12.2 Å². The third kappa shape index (κ3) is 4.16. The lowest BCUT2D eigenvalue weighted by Crippen LogP contribution is -2.25. The minimum atomic E-state index is -1.66. The van der Waals surface area contributed by atoms with Crippen LogP contribution in [0.25, 0.3) is 0 Å². The third-order valence-corrected chi connectivity index (χ3v) is 4.08. The number of carbonyl (C=O) groups excluding carboxylic acids is 1. The Morgan fingerprint density at radius 1 is 1.17 bits per heavy atom. The fourth-order valence-corrected chi connectivity index (χ4v) is 2.67. The van der Waals surface area contributed by atoms with Crippen LogP contribution in [0, 0.1) is 6.92 Å². The predicted molar refractivity (Wildman–Crippen MR) is 92.4 cm³/mol. The molecule has 2 aromatic rings. The Hall–Kier alpha value is -2.31. The molecule has 5 nitrogen and oxygen atoms in total. The first-order valence-electron chi connectivity index (χ1n) is 7.73. The van der Waals surface area contributed by atoms with Gasteiger partial charge in [-0.05, 0) is 36.6 Å². The number of hydrogen-bond donors (Lipinski definition) is 3. The largest absolute Gasteiger partial charge is 0.507 e. The molecule has 1 unspecified atom stereocenters. The van der Waals surface area contributed by atoms with E-state index in [9.17, 15) is 19.9 Å². The number of benzene rings is 2. The van der Waals surface area contributed by atoms with Crippen LogP contribution < -0.4 is 4.74 Å². The van der Waals surface area contributed by atoms with Crippen molar-refractivity contribution in [2.24, 2.45) is 0 Å². The minimum absolute atomic E-state index is 0.0641. The molecule has 126 valence electrons. The quantitative estimate of drug-likeness (QED) is 0.536. The predicted octanol–water partition coefficient (Wildman–Crippen LogP) is 2.37. The van der Waals surface area contributed by atoms with Crippen molar-refractivity contribution in [3.05, 3.63) is 59.2 Å². The van der Waals surface area contributed by atoms with Crippen molar-refractivity contribution in [3.8, 4) is 11.5 Å². The van der Waals surface area contributed by atoms with Crippen LogP contribution in [0.1, 0.15) is 27.9 Å². The summed E-state index contributed by atoms with van der Waals surface area (Å²) in [5.74, 6) is -0.396. The zero-order chi connectivity index (χ0) is 17.7. The van der Waals surface area contributed by atoms with Crippen LogP contribution in [0.4, 0.5) is 0 Å². The first kappa shape index (κ1) is 18.0. The molecule has 1 atom stereocenters. The molecule has 0 aromatic heterocycles. The van der Waals surface area contributed by atoms with E-state index >= 15 is 0 Å². The Labute approximate surface area is 141 Å². The third-order valence-electron chi connectivity index (χ3n) is 4.08. The highest BCUT2D eigenvalue weighted by molar-refractivity contribution is 6.43. The Balaban J connectivity index is 2.19. The second-order valence-electron chi connectivity index (χ2n) is 5.79. The van der Waals surface area contributed by atoms with Gasteiger partial charge in [0.25, 0.3) is 0 Å². The normalized spacial score (nSPS) is 11.8. The molecule has 24 heavy (non-hydrogen) atoms. The number of phenolic OH excluding ortho intramolecular Hbond substituents is 1. The van der Waals surface area contributed by atoms with E-state index in [1.807, 2.05) is 0 Å². The van der Waals surface area contributed by atoms with Crippen molar-refractivity contribution in [1.29, 1.82) is 0 Å². The lowest BCUT2D eigenvalue weighted by atomic mass is 9.66. The monoisotopic (exact) mass is 328 g/mol. The molecule has 0 radical (unpaired) electrons. The summed E-state index contributed by atoms with van der Waals surface area (Å²) in [6.07, 6.45) is 0.123. The standard InChI is InChI=1S/C18H21BO5/c1-12-6-5-7-13(18(12)21)10-14(19(22)23)11-16(20)15-8-3-4-9-17(15)24-2/h3-9,14,21-23H,10-11H2,1-2H3. The summed E-state index contributed by atoms with van der Waals surface area (Å²) < 4.78 is 5.18. The number of ketones is 1. The van der Waals surface area contributed by atoms with Crippen molar-refractivity contribution in [1.82, 2.24) is 0 Å². The van der Waals surface area contributed by atoms with Gasteiger partial charge in [-0.15, -0.1) is 0 Å². The molecular weight excluding hydrogens is 307 g/mol. The second kappa shape index (κ2) is 7.99. The van der Waals surface area contributed by atoms with E-state index < -0.39 is 12.9 Å². The van der Waals surface area contributed by atoms with E-state index in [4.69, 9.17) is 4.74 Å². The number of para-hydroxylation sites is 2. The lowest BCUT2D eigenvalue weighted by molar-refractivity contribution is 0.0972. The van der Waals surface area contributed by atoms with Gasteiger partial charge in [-0.2, -0.15) is 0 Å². The van der Waals surface area contributed by atoms with Crippen LogP contribution in [0.15, 0.2) is 42.5 Å². The summed E-state index contributed by atoms with van der Waals surface area (Å²) in [6, 6.07) is 12.1. The highest BCUT2D eigenvalue weighted by atomic mass is 16.5. The summed E-state index contributed by atoms with van der Waals surface area (Å²) in [6.45, 7) is 1.77. The molecule has 0 aliphatic heterocycles. The van der Waals surface area contributed by atoms with E-state index in [2.05, 4.69) is 0 Å². The van der Waals surface area contributed by atoms with Crippen LogP contribution in [-0.4, -0.2) is 35.2 Å². The van der Waals surface area contributed by atoms with E-state index in [-0.39, 0.29) is 24.4 Å². The van der Waals surface area contributed by atoms with Crippen LogP contribution in [0.2, 0.25) is 5.82 Å². The smallest absolute Gasteiger partial charge is 0.455 e. The molecule has 0 aliphatic carbocycles. The maximum absolute atomic E-state index is 12.5. The zero-order valence-electron chi connectivity index (χ0n) is 13.8. The molecule has 2 rings (SSSR count). The Morgan fingerprint density at radius 2 is 1.88 bits per heavy atom. The Morgan fingerprint density at radius 3 is 2.54 bits per heavy atom. The Kier molecular flexibility index (Phi) is 6.01. The molecule has 0 heterocycles. The average molecular weight is 328 g/mol. The van der Waals surface area contributed by atoms with Gasteiger partial charge >= 0.3 is 7.12 Å². The van der Waals surface area contributed by atoms with Gasteiger partial charge in [0.1, 0.15) is 11.5 Å². The van der Waals surface area contributed by atoms with Crippen molar-refractivity contribution in [3.63, 3.8) is 0 Å². The van der Waals surface area contributed by atoms with Crippen molar-refractivity contribution in [2.75, 3.05) is 7.11 Å². The summed E-state index contributed by atoms with van der Waals surface area (Å²) in [4.78, 5) is 12.5. The number of aryl methyl sites for hydroxylation is 1. The summed E-state index contributed by atoms with van der Waals surface area (Å²) in [5.41, 5.74) is 1.69. The van der Waals surface area contributed by atoms with Crippen LogP contribution in [0.3, 0.4) is 0 Å². The van der Waals surface area contributed by atoms with Crippen molar-refractivity contribution < 1.29 is 24.7 Å². The number of methoxy groups -OCH3 is 1. The number of carbonyl (C=O) groups is 1. The maximum atomic E-state index is 12.5. The van der Waals surface area contributed by atoms with Crippen LogP contribution in [-0.2, 0) is 6.42 Å². The number of Topliss-reactive ketones (excluding diaryl/α,β-unsaturated/α-hetero) is 1. The van der Waals surface area contributed by atoms with Gasteiger partial charge in [0.05, 0.1) is 12.7 Å². The van der Waals surface area contributed by atoms with Gasteiger partial charge < -0.3 is 19.9 Å². The molecule has 6 heteroatoms. The van der Waals surface area contributed by atoms with Gasteiger partial charge in [-0.3, -0.25) is 4.79 Å². The zero-order valence-corrected chi connectivity index (χ0v) is 13.8. The molecular formula is C18H21BO5.